The summed E-state index contributed by atoms with van der Waals surface area (Å²) in [5, 5.41) is 2.15. The highest BCUT2D eigenvalue weighted by Crippen LogP contribution is 2.29. The van der Waals surface area contributed by atoms with E-state index in [-0.39, 0.29) is 23.3 Å². The maximum Gasteiger partial charge on any atom is 0.335 e. The van der Waals surface area contributed by atoms with Crippen molar-refractivity contribution in [3.63, 3.8) is 0 Å². The Morgan fingerprint density at radius 1 is 1.10 bits per heavy atom. The number of carbonyl (C=O) groups is 2. The van der Waals surface area contributed by atoms with Crippen LogP contribution in [-0.4, -0.2) is 50.8 Å². The van der Waals surface area contributed by atoms with Crippen molar-refractivity contribution in [2.75, 3.05) is 19.5 Å². The third kappa shape index (κ3) is 6.25. The maximum absolute atomic E-state index is 14.1. The lowest BCUT2D eigenvalue weighted by molar-refractivity contribution is -0.150. The number of aromatic nitrogens is 2. The molecule has 2 aromatic rings. The molecule has 0 fully saturated rings. The van der Waals surface area contributed by atoms with Crippen LogP contribution in [0.3, 0.4) is 0 Å². The number of urea groups is 1. The van der Waals surface area contributed by atoms with Gasteiger partial charge in [0.2, 0.25) is 17.7 Å². The summed E-state index contributed by atoms with van der Waals surface area (Å²) >= 11 is 0. The maximum atomic E-state index is 14.1. The van der Waals surface area contributed by atoms with Gasteiger partial charge in [-0.25, -0.2) is 22.3 Å². The summed E-state index contributed by atoms with van der Waals surface area (Å²) in [5.74, 6) is -0.947. The van der Waals surface area contributed by atoms with Crippen molar-refractivity contribution in [3.8, 4) is 11.8 Å². The fourth-order valence-corrected chi connectivity index (χ4v) is 3.67. The molecule has 2 rings (SSSR count). The first-order chi connectivity index (χ1) is 14.6. The molecule has 2 N–H and O–H groups in total. The van der Waals surface area contributed by atoms with Crippen LogP contribution < -0.4 is 19.5 Å². The normalized spacial score (nSPS) is 12.9. The minimum absolute atomic E-state index is 0.0662. The zero-order valence-corrected chi connectivity index (χ0v) is 17.9. The van der Waals surface area contributed by atoms with Gasteiger partial charge >= 0.3 is 12.0 Å². The van der Waals surface area contributed by atoms with Gasteiger partial charge < -0.3 is 14.2 Å². The molecule has 0 saturated carbocycles. The molecule has 0 spiro atoms. The molecule has 1 heterocycles. The molecule has 0 aliphatic carbocycles. The summed E-state index contributed by atoms with van der Waals surface area (Å²) < 4.78 is 56.2. The second-order valence-electron chi connectivity index (χ2n) is 6.08. The van der Waals surface area contributed by atoms with Crippen molar-refractivity contribution in [1.82, 2.24) is 14.7 Å². The van der Waals surface area contributed by atoms with Crippen LogP contribution in [0.4, 0.5) is 15.1 Å². The van der Waals surface area contributed by atoms with Crippen molar-refractivity contribution < 1.29 is 36.6 Å². The Morgan fingerprint density at radius 3 is 2.19 bits per heavy atom. The van der Waals surface area contributed by atoms with Gasteiger partial charge in [0.05, 0.1) is 25.2 Å². The standard InChI is InChI=1S/C18H21FN4O7S/c1-10(19)16(30-11(2)24)12-7-5-6-8-13(12)31(26,27)23-18(25)22-17-20-14(28-3)9-15(21-17)29-4/h5-10,16H,1-4H3,(H2,20,21,22,23,25)/t10-,16-/m0/s1. The number of anilines is 1. The van der Waals surface area contributed by atoms with Gasteiger partial charge in [-0.05, 0) is 13.0 Å². The molecule has 31 heavy (non-hydrogen) atoms. The fourth-order valence-electron chi connectivity index (χ4n) is 2.52. The summed E-state index contributed by atoms with van der Waals surface area (Å²) in [6.07, 6.45) is -3.20. The van der Waals surface area contributed by atoms with Crippen molar-refractivity contribution in [2.24, 2.45) is 0 Å². The summed E-state index contributed by atoms with van der Waals surface area (Å²) in [7, 11) is -1.83. The zero-order valence-electron chi connectivity index (χ0n) is 17.1. The molecular formula is C18H21FN4O7S. The first-order valence-corrected chi connectivity index (χ1v) is 10.3. The van der Waals surface area contributed by atoms with E-state index >= 15 is 0 Å². The van der Waals surface area contributed by atoms with E-state index in [0.29, 0.717) is 0 Å². The average molecular weight is 456 g/mol. The number of hydrogen-bond acceptors (Lipinski definition) is 9. The van der Waals surface area contributed by atoms with Crippen LogP contribution in [0.15, 0.2) is 35.2 Å². The third-order valence-electron chi connectivity index (χ3n) is 3.77. The lowest BCUT2D eigenvalue weighted by Gasteiger charge is -2.21. The number of sulfonamides is 1. The number of carbonyl (C=O) groups excluding carboxylic acids is 2. The first-order valence-electron chi connectivity index (χ1n) is 8.78. The molecule has 2 amide bonds. The predicted octanol–water partition coefficient (Wildman–Crippen LogP) is 1.97. The molecule has 11 nitrogen and oxygen atoms in total. The number of alkyl halides is 1. The summed E-state index contributed by atoms with van der Waals surface area (Å²) in [6, 6.07) is 5.41. The van der Waals surface area contributed by atoms with Crippen LogP contribution in [0.2, 0.25) is 0 Å². The van der Waals surface area contributed by atoms with Gasteiger partial charge in [0.25, 0.3) is 10.0 Å². The SMILES string of the molecule is COc1cc(OC)nc(NC(=O)NS(=O)(=O)c2ccccc2[C@@H](OC(C)=O)[C@H](C)F)n1. The Balaban J connectivity index is 2.31. The minimum Gasteiger partial charge on any atom is -0.481 e. The Morgan fingerprint density at radius 2 is 1.68 bits per heavy atom. The Bertz CT molecular complexity index is 1040. The van der Waals surface area contributed by atoms with E-state index in [1.165, 1.54) is 38.5 Å². The van der Waals surface area contributed by atoms with Crippen molar-refractivity contribution >= 4 is 28.0 Å². The summed E-state index contributed by atoms with van der Waals surface area (Å²) in [4.78, 5) is 30.9. The number of methoxy groups -OCH3 is 2. The van der Waals surface area contributed by atoms with Gasteiger partial charge in [-0.1, -0.05) is 18.2 Å². The number of esters is 1. The molecule has 2 atom stereocenters. The van der Waals surface area contributed by atoms with Crippen LogP contribution in [0.25, 0.3) is 0 Å². The van der Waals surface area contributed by atoms with Gasteiger partial charge in [-0.3, -0.25) is 10.1 Å². The van der Waals surface area contributed by atoms with E-state index in [1.807, 2.05) is 0 Å². The Kier molecular flexibility index (Phi) is 7.69. The Hall–Kier alpha value is -3.48. The van der Waals surface area contributed by atoms with Crippen LogP contribution >= 0.6 is 0 Å². The van der Waals surface area contributed by atoms with E-state index in [0.717, 1.165) is 19.9 Å². The number of rotatable bonds is 8. The number of benzene rings is 1. The monoisotopic (exact) mass is 456 g/mol. The second-order valence-corrected chi connectivity index (χ2v) is 7.73. The van der Waals surface area contributed by atoms with E-state index in [2.05, 4.69) is 15.3 Å². The molecule has 0 saturated heterocycles. The number of nitrogens with zero attached hydrogens (tertiary/aromatic N) is 2. The number of nitrogens with one attached hydrogen (secondary N) is 2. The van der Waals surface area contributed by atoms with E-state index in [1.54, 1.807) is 4.72 Å². The molecule has 168 valence electrons. The highest BCUT2D eigenvalue weighted by atomic mass is 32.2. The third-order valence-corrected chi connectivity index (χ3v) is 5.18. The summed E-state index contributed by atoms with van der Waals surface area (Å²) in [5.41, 5.74) is -0.132. The molecule has 1 aromatic heterocycles. The highest BCUT2D eigenvalue weighted by Gasteiger charge is 2.30. The number of hydrogen-bond donors (Lipinski definition) is 2. The van der Waals surface area contributed by atoms with Crippen molar-refractivity contribution in [1.29, 1.82) is 0 Å². The van der Waals surface area contributed by atoms with Crippen molar-refractivity contribution in [2.45, 2.75) is 31.0 Å². The molecule has 0 bridgehead atoms. The summed E-state index contributed by atoms with van der Waals surface area (Å²) in [6.45, 7) is 2.19. The van der Waals surface area contributed by atoms with Crippen molar-refractivity contribution in [3.05, 3.63) is 35.9 Å². The topological polar surface area (TPSA) is 146 Å². The lowest BCUT2D eigenvalue weighted by Crippen LogP contribution is -2.36. The van der Waals surface area contributed by atoms with Crippen LogP contribution in [0, 0.1) is 0 Å². The molecule has 0 aliphatic heterocycles. The van der Waals surface area contributed by atoms with E-state index in [9.17, 15) is 22.4 Å². The average Bonchev–Trinajstić information content (AvgIpc) is 2.70. The van der Waals surface area contributed by atoms with Crippen LogP contribution in [0.5, 0.6) is 11.8 Å². The fraction of sp³-hybridized carbons (Fsp3) is 0.333. The largest absolute Gasteiger partial charge is 0.481 e. The quantitative estimate of drug-likeness (QED) is 0.569. The Labute approximate surface area is 178 Å². The van der Waals surface area contributed by atoms with E-state index < -0.39 is 39.2 Å². The number of amides is 2. The lowest BCUT2D eigenvalue weighted by atomic mass is 10.1. The van der Waals surface area contributed by atoms with Gasteiger partial charge in [0.1, 0.15) is 6.17 Å². The van der Waals surface area contributed by atoms with Crippen LogP contribution in [-0.2, 0) is 19.6 Å². The molecular weight excluding hydrogens is 435 g/mol. The van der Waals surface area contributed by atoms with Crippen LogP contribution in [0.1, 0.15) is 25.5 Å². The van der Waals surface area contributed by atoms with Gasteiger partial charge in [0.15, 0.2) is 6.10 Å². The molecule has 0 radical (unpaired) electrons. The van der Waals surface area contributed by atoms with E-state index in [4.69, 9.17) is 14.2 Å². The number of ether oxygens (including phenoxy) is 3. The molecule has 0 unspecified atom stereocenters. The smallest absolute Gasteiger partial charge is 0.335 e. The highest BCUT2D eigenvalue weighted by molar-refractivity contribution is 7.90. The predicted molar refractivity (Wildman–Crippen MR) is 106 cm³/mol. The second kappa shape index (κ2) is 10.0. The zero-order chi connectivity index (χ0) is 23.2. The number of halogens is 1. The first kappa shape index (κ1) is 23.8. The van der Waals surface area contributed by atoms with Gasteiger partial charge in [0, 0.05) is 12.5 Å². The van der Waals surface area contributed by atoms with Gasteiger partial charge in [-0.2, -0.15) is 9.97 Å². The molecule has 13 heteroatoms. The van der Waals surface area contributed by atoms with Gasteiger partial charge in [-0.15, -0.1) is 0 Å². The molecule has 1 aromatic carbocycles. The molecule has 0 aliphatic rings. The minimum atomic E-state index is -4.49.